The molecule has 2 rings (SSSR count). The molecule has 0 spiro atoms. The van der Waals surface area contributed by atoms with Crippen LogP contribution in [0.15, 0.2) is 12.1 Å². The third kappa shape index (κ3) is 1.17. The zero-order valence-corrected chi connectivity index (χ0v) is 8.21. The predicted octanol–water partition coefficient (Wildman–Crippen LogP) is 3.35. The molecule has 0 saturated heterocycles. The standard InChI is InChI=1S/C9H9Cl2N/c1-5-4-6-8(12-5)3-2-7(10)9(6)11/h2-3,5,12H,4H2,1H3. The molecule has 1 unspecified atom stereocenters. The van der Waals surface area contributed by atoms with Gasteiger partial charge in [-0.05, 0) is 31.0 Å². The van der Waals surface area contributed by atoms with Gasteiger partial charge < -0.3 is 5.32 Å². The highest BCUT2D eigenvalue weighted by Gasteiger charge is 2.20. The van der Waals surface area contributed by atoms with Gasteiger partial charge >= 0.3 is 0 Å². The van der Waals surface area contributed by atoms with Crippen molar-refractivity contribution in [2.75, 3.05) is 5.32 Å². The van der Waals surface area contributed by atoms with Crippen molar-refractivity contribution in [2.45, 2.75) is 19.4 Å². The number of anilines is 1. The molecule has 0 aromatic heterocycles. The summed E-state index contributed by atoms with van der Waals surface area (Å²) < 4.78 is 0. The van der Waals surface area contributed by atoms with E-state index in [1.54, 1.807) is 0 Å². The quantitative estimate of drug-likeness (QED) is 0.680. The summed E-state index contributed by atoms with van der Waals surface area (Å²) in [6.07, 6.45) is 0.967. The first-order chi connectivity index (χ1) is 5.68. The lowest BCUT2D eigenvalue weighted by molar-refractivity contribution is 0.839. The van der Waals surface area contributed by atoms with Crippen LogP contribution < -0.4 is 5.32 Å². The minimum Gasteiger partial charge on any atom is -0.382 e. The molecule has 12 heavy (non-hydrogen) atoms. The zero-order valence-electron chi connectivity index (χ0n) is 6.70. The van der Waals surface area contributed by atoms with Crippen molar-refractivity contribution in [1.82, 2.24) is 0 Å². The molecule has 0 saturated carbocycles. The first-order valence-corrected chi connectivity index (χ1v) is 4.67. The monoisotopic (exact) mass is 201 g/mol. The third-order valence-electron chi connectivity index (χ3n) is 2.11. The Morgan fingerprint density at radius 1 is 1.42 bits per heavy atom. The number of hydrogen-bond donors (Lipinski definition) is 1. The fourth-order valence-electron chi connectivity index (χ4n) is 1.55. The first-order valence-electron chi connectivity index (χ1n) is 3.92. The van der Waals surface area contributed by atoms with Gasteiger partial charge in [-0.15, -0.1) is 0 Å². The van der Waals surface area contributed by atoms with Crippen molar-refractivity contribution >= 4 is 28.9 Å². The molecule has 1 aliphatic rings. The van der Waals surface area contributed by atoms with E-state index in [0.29, 0.717) is 16.1 Å². The van der Waals surface area contributed by atoms with Crippen molar-refractivity contribution in [2.24, 2.45) is 0 Å². The molecular formula is C9H9Cl2N. The summed E-state index contributed by atoms with van der Waals surface area (Å²) in [5.41, 5.74) is 2.27. The Bertz CT molecular complexity index is 323. The second kappa shape index (κ2) is 2.82. The number of fused-ring (bicyclic) bond motifs is 1. The molecule has 0 bridgehead atoms. The van der Waals surface area contributed by atoms with Crippen LogP contribution in [0.1, 0.15) is 12.5 Å². The molecule has 1 nitrogen and oxygen atoms in total. The summed E-state index contributed by atoms with van der Waals surface area (Å²) in [7, 11) is 0. The summed E-state index contributed by atoms with van der Waals surface area (Å²) in [6, 6.07) is 4.27. The topological polar surface area (TPSA) is 12.0 Å². The van der Waals surface area contributed by atoms with Crippen LogP contribution in [0.5, 0.6) is 0 Å². The van der Waals surface area contributed by atoms with Crippen LogP contribution in [0, 0.1) is 0 Å². The zero-order chi connectivity index (χ0) is 8.72. The molecule has 1 N–H and O–H groups in total. The van der Waals surface area contributed by atoms with Gasteiger partial charge in [-0.3, -0.25) is 0 Å². The van der Waals surface area contributed by atoms with Crippen molar-refractivity contribution in [1.29, 1.82) is 0 Å². The van der Waals surface area contributed by atoms with Gasteiger partial charge in [-0.25, -0.2) is 0 Å². The lowest BCUT2D eigenvalue weighted by Crippen LogP contribution is -2.08. The number of rotatable bonds is 0. The van der Waals surface area contributed by atoms with Crippen molar-refractivity contribution in [3.8, 4) is 0 Å². The Balaban J connectivity index is 2.54. The van der Waals surface area contributed by atoms with Gasteiger partial charge in [-0.2, -0.15) is 0 Å². The van der Waals surface area contributed by atoms with Crippen LogP contribution in [0.25, 0.3) is 0 Å². The van der Waals surface area contributed by atoms with Gasteiger partial charge in [0, 0.05) is 11.7 Å². The minimum absolute atomic E-state index is 0.468. The van der Waals surface area contributed by atoms with Gasteiger partial charge in [0.2, 0.25) is 0 Å². The fourth-order valence-corrected chi connectivity index (χ4v) is 1.97. The van der Waals surface area contributed by atoms with E-state index in [4.69, 9.17) is 23.2 Å². The van der Waals surface area contributed by atoms with E-state index in [0.717, 1.165) is 17.7 Å². The first kappa shape index (κ1) is 8.21. The van der Waals surface area contributed by atoms with E-state index in [1.165, 1.54) is 0 Å². The Morgan fingerprint density at radius 2 is 2.17 bits per heavy atom. The van der Waals surface area contributed by atoms with Crippen LogP contribution in [0.3, 0.4) is 0 Å². The number of hydrogen-bond acceptors (Lipinski definition) is 1. The van der Waals surface area contributed by atoms with Crippen molar-refractivity contribution in [3.05, 3.63) is 27.7 Å². The molecule has 3 heteroatoms. The van der Waals surface area contributed by atoms with E-state index < -0.39 is 0 Å². The maximum Gasteiger partial charge on any atom is 0.0645 e. The molecule has 1 aromatic rings. The molecule has 1 atom stereocenters. The fraction of sp³-hybridized carbons (Fsp3) is 0.333. The summed E-state index contributed by atoms with van der Waals surface area (Å²) in [6.45, 7) is 2.13. The Morgan fingerprint density at radius 3 is 2.92 bits per heavy atom. The largest absolute Gasteiger partial charge is 0.382 e. The number of halogens is 2. The average Bonchev–Trinajstić information content (AvgIpc) is 2.39. The van der Waals surface area contributed by atoms with Crippen LogP contribution in [0.2, 0.25) is 10.0 Å². The predicted molar refractivity (Wildman–Crippen MR) is 53.3 cm³/mol. The highest BCUT2D eigenvalue weighted by Crippen LogP contribution is 2.36. The lowest BCUT2D eigenvalue weighted by atomic mass is 10.1. The SMILES string of the molecule is CC1Cc2c(ccc(Cl)c2Cl)N1. The van der Waals surface area contributed by atoms with Gasteiger partial charge in [0.25, 0.3) is 0 Å². The highest BCUT2D eigenvalue weighted by molar-refractivity contribution is 6.42. The Labute approximate surface area is 81.7 Å². The number of benzene rings is 1. The Hall–Kier alpha value is -0.400. The highest BCUT2D eigenvalue weighted by atomic mass is 35.5. The van der Waals surface area contributed by atoms with Gasteiger partial charge in [0.15, 0.2) is 0 Å². The molecule has 0 amide bonds. The van der Waals surface area contributed by atoms with Crippen molar-refractivity contribution in [3.63, 3.8) is 0 Å². The van der Waals surface area contributed by atoms with E-state index in [-0.39, 0.29) is 0 Å². The van der Waals surface area contributed by atoms with E-state index >= 15 is 0 Å². The molecule has 0 fully saturated rings. The minimum atomic E-state index is 0.468. The van der Waals surface area contributed by atoms with Crippen molar-refractivity contribution < 1.29 is 0 Å². The Kier molecular flexibility index (Phi) is 1.93. The smallest absolute Gasteiger partial charge is 0.0645 e. The third-order valence-corrected chi connectivity index (χ3v) is 2.95. The van der Waals surface area contributed by atoms with E-state index in [1.807, 2.05) is 12.1 Å². The summed E-state index contributed by atoms with van der Waals surface area (Å²) in [4.78, 5) is 0. The molecule has 1 aromatic carbocycles. The molecular weight excluding hydrogens is 193 g/mol. The van der Waals surface area contributed by atoms with Crippen LogP contribution >= 0.6 is 23.2 Å². The molecule has 64 valence electrons. The summed E-state index contributed by atoms with van der Waals surface area (Å²) in [5, 5.41) is 4.67. The average molecular weight is 202 g/mol. The molecule has 0 aliphatic carbocycles. The maximum absolute atomic E-state index is 6.03. The van der Waals surface area contributed by atoms with Gasteiger partial charge in [0.05, 0.1) is 10.0 Å². The van der Waals surface area contributed by atoms with Crippen LogP contribution in [0.4, 0.5) is 5.69 Å². The molecule has 0 radical (unpaired) electrons. The summed E-state index contributed by atoms with van der Waals surface area (Å²) >= 11 is 11.9. The van der Waals surface area contributed by atoms with Gasteiger partial charge in [0.1, 0.15) is 0 Å². The van der Waals surface area contributed by atoms with Gasteiger partial charge in [-0.1, -0.05) is 23.2 Å². The van der Waals surface area contributed by atoms with Crippen LogP contribution in [-0.4, -0.2) is 6.04 Å². The maximum atomic E-state index is 6.03. The van der Waals surface area contributed by atoms with E-state index in [2.05, 4.69) is 12.2 Å². The normalized spacial score (nSPS) is 20.4. The van der Waals surface area contributed by atoms with E-state index in [9.17, 15) is 0 Å². The molecule has 1 aliphatic heterocycles. The summed E-state index contributed by atoms with van der Waals surface area (Å²) in [5.74, 6) is 0. The molecule has 1 heterocycles. The second-order valence-corrected chi connectivity index (χ2v) is 3.92. The van der Waals surface area contributed by atoms with Crippen LogP contribution in [-0.2, 0) is 6.42 Å². The number of nitrogens with one attached hydrogen (secondary N) is 1. The lowest BCUT2D eigenvalue weighted by Gasteiger charge is -2.02. The second-order valence-electron chi connectivity index (χ2n) is 3.14.